The van der Waals surface area contributed by atoms with Gasteiger partial charge >= 0.3 is 0 Å². The summed E-state index contributed by atoms with van der Waals surface area (Å²) in [5.74, 6) is 7.24. The maximum absolute atomic E-state index is 13.6. The van der Waals surface area contributed by atoms with Gasteiger partial charge < -0.3 is 39.3 Å². The quantitative estimate of drug-likeness (QED) is 0.0476. The molecule has 4 N–H and O–H groups in total. The fourth-order valence-corrected chi connectivity index (χ4v) is 8.61. The molecule has 1 unspecified atom stereocenters. The predicted molar refractivity (Wildman–Crippen MR) is 243 cm³/mol. The molecule has 4 amide bonds. The van der Waals surface area contributed by atoms with E-state index >= 15 is 0 Å². The van der Waals surface area contributed by atoms with Crippen LogP contribution in [0.4, 0.5) is 11.6 Å². The second-order valence-corrected chi connectivity index (χ2v) is 16.7. The third kappa shape index (κ3) is 9.27. The summed E-state index contributed by atoms with van der Waals surface area (Å²) in [6.45, 7) is 11.3. The lowest BCUT2D eigenvalue weighted by molar-refractivity contribution is -0.136. The van der Waals surface area contributed by atoms with Gasteiger partial charge in [-0.2, -0.15) is 5.10 Å². The first-order valence-corrected chi connectivity index (χ1v) is 22.5. The van der Waals surface area contributed by atoms with E-state index in [2.05, 4.69) is 63.1 Å². The van der Waals surface area contributed by atoms with Gasteiger partial charge in [0, 0.05) is 72.2 Å². The molecule has 0 radical (unpaired) electrons. The molecule has 66 heavy (non-hydrogen) atoms. The van der Waals surface area contributed by atoms with Crippen LogP contribution in [0.1, 0.15) is 99.8 Å². The highest BCUT2D eigenvalue weighted by Crippen LogP contribution is 2.41. The van der Waals surface area contributed by atoms with Crippen LogP contribution in [0.2, 0.25) is 0 Å². The number of hydrogen-bond acceptors (Lipinski definition) is 13. The number of nitrogens with zero attached hydrogens (tertiary/aromatic N) is 6. The standard InChI is InChI=1S/C48H52N10O8/c1-5-58-39(25-36(55-58)31-12-13-31)51-44-42-34-23-27(2)33(41-28(3)56-66-29(41)4)24-37(34)50-43(42)53-45(54-44)47(61)49-16-8-18-64-20-22-65-21-19-63-17-7-10-30-9-6-11-32-35(30)26-57(48(32)62)38-14-15-40(59)52-46(38)60/h6,9,11,23-25,31,38H,5,8,12-22,26H2,1-4H3,(H,49,61)(H,52,59,60)(H2,50,51,53,54). The van der Waals surface area contributed by atoms with Gasteiger partial charge in [-0.25, -0.2) is 14.6 Å². The molecule has 18 nitrogen and oxygen atoms in total. The van der Waals surface area contributed by atoms with Crippen molar-refractivity contribution in [3.8, 4) is 23.0 Å². The van der Waals surface area contributed by atoms with Crippen molar-refractivity contribution in [2.24, 2.45) is 0 Å². The maximum Gasteiger partial charge on any atom is 0.289 e. The number of piperidine rings is 1. The topological polar surface area (TPSA) is 221 Å². The summed E-state index contributed by atoms with van der Waals surface area (Å²) >= 11 is 0. The first-order valence-electron chi connectivity index (χ1n) is 22.5. The summed E-state index contributed by atoms with van der Waals surface area (Å²) in [6.07, 6.45) is 3.34. The molecular weight excluding hydrogens is 845 g/mol. The number of imide groups is 1. The van der Waals surface area contributed by atoms with Crippen LogP contribution in [0.15, 0.2) is 40.9 Å². The third-order valence-electron chi connectivity index (χ3n) is 12.1. The zero-order valence-corrected chi connectivity index (χ0v) is 37.5. The van der Waals surface area contributed by atoms with Crippen molar-refractivity contribution < 1.29 is 37.9 Å². The van der Waals surface area contributed by atoms with E-state index in [1.807, 2.05) is 31.5 Å². The van der Waals surface area contributed by atoms with E-state index in [4.69, 9.17) is 33.8 Å². The number of aryl methyl sites for hydroxylation is 4. The minimum absolute atomic E-state index is 0.0326. The van der Waals surface area contributed by atoms with Crippen LogP contribution in [-0.4, -0.2) is 111 Å². The number of rotatable bonds is 18. The largest absolute Gasteiger partial charge is 0.379 e. The average Bonchev–Trinajstić information content (AvgIpc) is 3.69. The summed E-state index contributed by atoms with van der Waals surface area (Å²) < 4.78 is 24.4. The predicted octanol–water partition coefficient (Wildman–Crippen LogP) is 5.51. The number of aromatic nitrogens is 6. The molecule has 1 saturated carbocycles. The van der Waals surface area contributed by atoms with Crippen molar-refractivity contribution >= 4 is 57.2 Å². The summed E-state index contributed by atoms with van der Waals surface area (Å²) in [6, 6.07) is 10.9. The Labute approximate surface area is 380 Å². The van der Waals surface area contributed by atoms with Crippen LogP contribution >= 0.6 is 0 Å². The van der Waals surface area contributed by atoms with Gasteiger partial charge in [0.25, 0.3) is 11.8 Å². The molecule has 1 atom stereocenters. The number of carbonyl (C=O) groups excluding carboxylic acids is 4. The van der Waals surface area contributed by atoms with E-state index in [1.165, 1.54) is 4.90 Å². The summed E-state index contributed by atoms with van der Waals surface area (Å²) in [5.41, 5.74) is 8.23. The van der Waals surface area contributed by atoms with Crippen LogP contribution in [0.3, 0.4) is 0 Å². The van der Waals surface area contributed by atoms with Gasteiger partial charge in [0.15, 0.2) is 0 Å². The molecule has 2 fully saturated rings. The minimum atomic E-state index is -0.678. The van der Waals surface area contributed by atoms with E-state index in [1.54, 1.807) is 12.1 Å². The summed E-state index contributed by atoms with van der Waals surface area (Å²) in [5, 5.41) is 19.5. The van der Waals surface area contributed by atoms with Crippen molar-refractivity contribution in [3.05, 3.63) is 81.6 Å². The van der Waals surface area contributed by atoms with E-state index in [-0.39, 0.29) is 37.2 Å². The second kappa shape index (κ2) is 19.3. The summed E-state index contributed by atoms with van der Waals surface area (Å²) in [4.78, 5) is 65.1. The molecule has 6 heterocycles. The van der Waals surface area contributed by atoms with Crippen LogP contribution in [0.5, 0.6) is 0 Å². The Morgan fingerprint density at radius 1 is 0.970 bits per heavy atom. The zero-order valence-electron chi connectivity index (χ0n) is 37.5. The Kier molecular flexibility index (Phi) is 12.9. The monoisotopic (exact) mass is 896 g/mol. The van der Waals surface area contributed by atoms with E-state index in [9.17, 15) is 19.2 Å². The number of benzene rings is 2. The molecule has 342 valence electrons. The van der Waals surface area contributed by atoms with Gasteiger partial charge in [-0.15, -0.1) is 0 Å². The molecular formula is C48H52N10O8. The molecule has 0 spiro atoms. The van der Waals surface area contributed by atoms with E-state index in [0.717, 1.165) is 74.4 Å². The fourth-order valence-electron chi connectivity index (χ4n) is 8.61. The van der Waals surface area contributed by atoms with Crippen molar-refractivity contribution in [2.75, 3.05) is 51.5 Å². The molecule has 3 aliphatic rings. The molecule has 9 rings (SSSR count). The Bertz CT molecular complexity index is 2900. The van der Waals surface area contributed by atoms with Gasteiger partial charge in [-0.1, -0.05) is 23.1 Å². The lowest BCUT2D eigenvalue weighted by Crippen LogP contribution is -2.52. The molecule has 6 aromatic rings. The normalized spacial score (nSPS) is 15.9. The van der Waals surface area contributed by atoms with Gasteiger partial charge in [-0.05, 0) is 94.3 Å². The number of anilines is 2. The third-order valence-corrected chi connectivity index (χ3v) is 12.1. The molecule has 2 aliphatic heterocycles. The molecule has 0 bridgehead atoms. The Balaban J connectivity index is 0.737. The average molecular weight is 897 g/mol. The Morgan fingerprint density at radius 2 is 1.77 bits per heavy atom. The number of fused-ring (bicyclic) bond motifs is 4. The SMILES string of the molecule is CCn1nc(C2CC2)cc1Nc1nc(C(=O)NCCCOCCOCCOCC#Cc2cccc3c2CN(C2CCC(=O)NC2=O)C3=O)nc2[nH]c3cc(-c4c(C)noc4C)c(C)cc3c12. The van der Waals surface area contributed by atoms with Crippen LogP contribution in [0, 0.1) is 32.6 Å². The van der Waals surface area contributed by atoms with Gasteiger partial charge in [-0.3, -0.25) is 24.5 Å². The van der Waals surface area contributed by atoms with Crippen molar-refractivity contribution in [3.63, 3.8) is 0 Å². The smallest absolute Gasteiger partial charge is 0.289 e. The maximum atomic E-state index is 13.6. The van der Waals surface area contributed by atoms with Crippen LogP contribution in [-0.2, 0) is 36.9 Å². The van der Waals surface area contributed by atoms with Crippen molar-refractivity contribution in [1.82, 2.24) is 45.4 Å². The first kappa shape index (κ1) is 44.3. The van der Waals surface area contributed by atoms with Crippen LogP contribution < -0.4 is 16.0 Å². The first-order chi connectivity index (χ1) is 32.1. The number of carbonyl (C=O) groups is 4. The molecule has 18 heteroatoms. The highest BCUT2D eigenvalue weighted by atomic mass is 16.5. The van der Waals surface area contributed by atoms with Crippen LogP contribution in [0.25, 0.3) is 33.1 Å². The van der Waals surface area contributed by atoms with Gasteiger partial charge in [0.1, 0.15) is 35.7 Å². The lowest BCUT2D eigenvalue weighted by atomic mass is 9.97. The Morgan fingerprint density at radius 3 is 2.53 bits per heavy atom. The van der Waals surface area contributed by atoms with Crippen molar-refractivity contribution in [1.29, 1.82) is 0 Å². The summed E-state index contributed by atoms with van der Waals surface area (Å²) in [7, 11) is 0. The lowest BCUT2D eigenvalue weighted by Gasteiger charge is -2.29. The van der Waals surface area contributed by atoms with Gasteiger partial charge in [0.05, 0.1) is 43.2 Å². The zero-order chi connectivity index (χ0) is 45.9. The fraction of sp³-hybridized carbons (Fsp3) is 0.417. The van der Waals surface area contributed by atoms with E-state index in [0.29, 0.717) is 87.5 Å². The highest BCUT2D eigenvalue weighted by molar-refractivity contribution is 6.13. The molecule has 2 aromatic carbocycles. The number of hydrogen-bond donors (Lipinski definition) is 4. The number of H-pyrrole nitrogens is 1. The molecule has 1 aliphatic carbocycles. The molecule has 4 aromatic heterocycles. The minimum Gasteiger partial charge on any atom is -0.379 e. The number of ether oxygens (including phenoxy) is 3. The highest BCUT2D eigenvalue weighted by Gasteiger charge is 2.39. The van der Waals surface area contributed by atoms with Gasteiger partial charge in [0.2, 0.25) is 17.6 Å². The molecule has 1 saturated heterocycles. The van der Waals surface area contributed by atoms with Crippen molar-refractivity contribution in [2.45, 2.75) is 84.8 Å². The number of aromatic amines is 1. The number of amides is 4. The second-order valence-electron chi connectivity index (χ2n) is 16.7. The van der Waals surface area contributed by atoms with E-state index < -0.39 is 17.9 Å². The number of nitrogens with one attached hydrogen (secondary N) is 4. The Hall–Kier alpha value is -6.94.